The molecular weight excluding hydrogens is 979 g/mol. The molecule has 0 aliphatic heterocycles. The van der Waals surface area contributed by atoms with Crippen molar-refractivity contribution in [3.05, 3.63) is 259 Å². The molecule has 7 aromatic carbocycles. The van der Waals surface area contributed by atoms with Crippen molar-refractivity contribution in [2.45, 2.75) is 32.5 Å². The van der Waals surface area contributed by atoms with E-state index in [9.17, 15) is 0 Å². The van der Waals surface area contributed by atoms with Crippen LogP contribution in [0.4, 0.5) is 0 Å². The molecule has 0 saturated heterocycles. The summed E-state index contributed by atoms with van der Waals surface area (Å²) < 4.78 is 25.5. The molecule has 0 aliphatic carbocycles. The van der Waals surface area contributed by atoms with Crippen LogP contribution < -0.4 is 0 Å². The first kappa shape index (κ1) is 40.2. The number of rotatable bonds is 13. The van der Waals surface area contributed by atoms with Gasteiger partial charge in [0, 0.05) is 28.3 Å². The van der Waals surface area contributed by atoms with E-state index in [-0.39, 0.29) is 20.1 Å². The molecule has 0 radical (unpaired) electrons. The van der Waals surface area contributed by atoms with Gasteiger partial charge in [-0.25, -0.2) is 0 Å². The van der Waals surface area contributed by atoms with Crippen LogP contribution in [0.15, 0.2) is 213 Å². The van der Waals surface area contributed by atoms with Crippen LogP contribution in [0.3, 0.4) is 0 Å². The summed E-state index contributed by atoms with van der Waals surface area (Å²) in [6, 6.07) is 76.0. The van der Waals surface area contributed by atoms with Crippen LogP contribution in [0, 0.1) is 25.1 Å². The van der Waals surface area contributed by atoms with E-state index in [1.54, 1.807) is 12.3 Å². The molecule has 3 aromatic heterocycles. The first-order valence-electron chi connectivity index (χ1n) is 23.6. The minimum Gasteiger partial charge on any atom is -0.304 e. The van der Waals surface area contributed by atoms with E-state index in [0.29, 0.717) is 29.7 Å². The van der Waals surface area contributed by atoms with Crippen molar-refractivity contribution in [2.24, 2.45) is 0 Å². The Morgan fingerprint density at radius 3 is 1.56 bits per heavy atom. The molecule has 0 unspecified atom stereocenters. The summed E-state index contributed by atoms with van der Waals surface area (Å²) in [5.74, 6) is 0. The number of nitrogens with zero attached hydrogens (tertiary/aromatic N) is 3. The SMILES string of the molecule is [2H]C([2H])([2H])c1cc(-c2[c-]cccc2)ncc1CCc1cc(CCc2ccc(-c3[c-]cccc3)nc2)cc(-c2ccccc2-c2cnc(-c3[c-]cccc3)cc2-c2ccc(-c3ccccc3)cc2)c1.[Ir+3]. The Hall–Kier alpha value is -7.36. The number of aryl methyl sites for hydroxylation is 5. The average molecular weight is 1030 g/mol. The van der Waals surface area contributed by atoms with E-state index < -0.39 is 6.85 Å². The minimum atomic E-state index is -2.31. The second kappa shape index (κ2) is 20.6. The summed E-state index contributed by atoms with van der Waals surface area (Å²) in [6.07, 6.45) is 8.42. The van der Waals surface area contributed by atoms with Gasteiger partial charge in [-0.05, 0) is 111 Å². The Balaban J connectivity index is 0.00000593. The van der Waals surface area contributed by atoms with Crippen molar-refractivity contribution in [1.29, 1.82) is 0 Å². The van der Waals surface area contributed by atoms with Crippen molar-refractivity contribution in [1.82, 2.24) is 15.0 Å². The quantitative estimate of drug-likeness (QED) is 0.108. The van der Waals surface area contributed by atoms with Gasteiger partial charge in [-0.2, -0.15) is 0 Å². The normalized spacial score (nSPS) is 11.8. The monoisotopic (exact) mass is 1030 g/mol. The summed E-state index contributed by atoms with van der Waals surface area (Å²) in [6.45, 7) is -2.31. The maximum absolute atomic E-state index is 8.51. The summed E-state index contributed by atoms with van der Waals surface area (Å²) in [5, 5.41) is 0. The van der Waals surface area contributed by atoms with E-state index in [1.165, 1.54) is 11.1 Å². The van der Waals surface area contributed by atoms with E-state index >= 15 is 0 Å². The van der Waals surface area contributed by atoms with Crippen LogP contribution in [-0.2, 0) is 45.8 Å². The van der Waals surface area contributed by atoms with Gasteiger partial charge in [-0.3, -0.25) is 0 Å². The third-order valence-electron chi connectivity index (χ3n) is 11.9. The molecule has 3 heterocycles. The number of benzene rings is 7. The Morgan fingerprint density at radius 1 is 0.379 bits per heavy atom. The fourth-order valence-corrected chi connectivity index (χ4v) is 8.49. The maximum Gasteiger partial charge on any atom is 3.00 e. The van der Waals surface area contributed by atoms with Crippen molar-refractivity contribution in [3.8, 4) is 78.3 Å². The third kappa shape index (κ3) is 10.1. The van der Waals surface area contributed by atoms with Gasteiger partial charge in [0.05, 0.1) is 0 Å². The maximum atomic E-state index is 8.51. The van der Waals surface area contributed by atoms with Gasteiger partial charge in [-0.15, -0.1) is 108 Å². The zero-order chi connectivity index (χ0) is 46.3. The fourth-order valence-electron chi connectivity index (χ4n) is 8.49. The largest absolute Gasteiger partial charge is 3.00 e. The zero-order valence-electron chi connectivity index (χ0n) is 39.2. The third-order valence-corrected chi connectivity index (χ3v) is 11.9. The molecule has 0 aliphatic rings. The molecule has 318 valence electrons. The molecule has 10 rings (SSSR count). The van der Waals surface area contributed by atoms with Gasteiger partial charge in [0.1, 0.15) is 0 Å². The van der Waals surface area contributed by atoms with E-state index in [0.717, 1.165) is 91.0 Å². The fraction of sp³-hybridized carbons (Fsp3) is 0.0806. The van der Waals surface area contributed by atoms with Crippen LogP contribution >= 0.6 is 0 Å². The standard InChI is InChI=1S/C62H46N3.Ir/c1-44-36-61(52-20-10-4-11-21-52)64-42-54(44)30-28-47-37-46(27-26-45-29-35-60(63-41-45)51-18-8-3-9-19-51)38-55(39-47)56-24-14-15-25-57(56)59-43-65-62(53-22-12-5-13-23-53)40-58(59)50-33-31-49(32-34-50)48-16-6-2-7-17-48;/h2-18,20,22,24-25,29,31-43H,26-28,30H2,1H3;/q-3;+3/i1D3;. The van der Waals surface area contributed by atoms with Crippen LogP contribution in [0.25, 0.3) is 78.3 Å². The van der Waals surface area contributed by atoms with Gasteiger partial charge in [-0.1, -0.05) is 127 Å². The molecule has 10 aromatic rings. The molecule has 0 spiro atoms. The molecule has 0 N–H and O–H groups in total. The Labute approximate surface area is 406 Å². The molecule has 0 atom stereocenters. The number of aromatic nitrogens is 3. The molecule has 66 heavy (non-hydrogen) atoms. The van der Waals surface area contributed by atoms with Gasteiger partial charge in [0.2, 0.25) is 0 Å². The Kier molecular flexibility index (Phi) is 12.6. The molecule has 4 heteroatoms. The summed E-state index contributed by atoms with van der Waals surface area (Å²) in [5.41, 5.74) is 18.2. The van der Waals surface area contributed by atoms with Crippen LogP contribution in [-0.4, -0.2) is 15.0 Å². The van der Waals surface area contributed by atoms with Crippen molar-refractivity contribution < 1.29 is 24.2 Å². The second-order valence-electron chi connectivity index (χ2n) is 16.2. The summed E-state index contributed by atoms with van der Waals surface area (Å²) in [7, 11) is 0. The number of hydrogen-bond donors (Lipinski definition) is 0. The van der Waals surface area contributed by atoms with Crippen molar-refractivity contribution in [3.63, 3.8) is 0 Å². The van der Waals surface area contributed by atoms with Gasteiger partial charge in [0.25, 0.3) is 0 Å². The van der Waals surface area contributed by atoms with Crippen LogP contribution in [0.1, 0.15) is 31.9 Å². The average Bonchev–Trinajstić information content (AvgIpc) is 3.40. The topological polar surface area (TPSA) is 38.7 Å². The first-order chi connectivity index (χ1) is 33.3. The molecule has 3 nitrogen and oxygen atoms in total. The predicted molar refractivity (Wildman–Crippen MR) is 267 cm³/mol. The van der Waals surface area contributed by atoms with E-state index in [2.05, 4.69) is 127 Å². The van der Waals surface area contributed by atoms with Crippen LogP contribution in [0.2, 0.25) is 0 Å². The van der Waals surface area contributed by atoms with Gasteiger partial charge >= 0.3 is 20.1 Å². The second-order valence-corrected chi connectivity index (χ2v) is 16.2. The molecule has 0 amide bonds. The zero-order valence-corrected chi connectivity index (χ0v) is 38.6. The summed E-state index contributed by atoms with van der Waals surface area (Å²) >= 11 is 0. The van der Waals surface area contributed by atoms with Crippen molar-refractivity contribution >= 4 is 0 Å². The Morgan fingerprint density at radius 2 is 0.924 bits per heavy atom. The van der Waals surface area contributed by atoms with E-state index in [1.807, 2.05) is 91.3 Å². The van der Waals surface area contributed by atoms with Gasteiger partial charge < -0.3 is 15.0 Å². The predicted octanol–water partition coefficient (Wildman–Crippen LogP) is 14.8. The first-order valence-corrected chi connectivity index (χ1v) is 22.1. The smallest absolute Gasteiger partial charge is 0.304 e. The minimum absolute atomic E-state index is 0. The number of hydrogen-bond acceptors (Lipinski definition) is 3. The Bertz CT molecular complexity index is 3290. The molecular formula is C62H46IrN3. The number of pyridine rings is 3. The molecule has 0 saturated carbocycles. The van der Waals surface area contributed by atoms with Crippen LogP contribution in [0.5, 0.6) is 0 Å². The molecule has 0 bridgehead atoms. The van der Waals surface area contributed by atoms with E-state index in [4.69, 9.17) is 19.1 Å². The van der Waals surface area contributed by atoms with Gasteiger partial charge in [0.15, 0.2) is 0 Å². The van der Waals surface area contributed by atoms with Crippen molar-refractivity contribution in [2.75, 3.05) is 0 Å². The summed E-state index contributed by atoms with van der Waals surface area (Å²) in [4.78, 5) is 14.6. The molecule has 0 fully saturated rings.